The van der Waals surface area contributed by atoms with Crippen molar-refractivity contribution in [1.29, 1.82) is 0 Å². The lowest BCUT2D eigenvalue weighted by Crippen LogP contribution is -2.47. The van der Waals surface area contributed by atoms with E-state index < -0.39 is 0 Å². The average Bonchev–Trinajstić information content (AvgIpc) is 2.35. The summed E-state index contributed by atoms with van der Waals surface area (Å²) >= 11 is 0. The van der Waals surface area contributed by atoms with Gasteiger partial charge in [0, 0.05) is 6.04 Å². The first-order valence-corrected chi connectivity index (χ1v) is 6.41. The van der Waals surface area contributed by atoms with E-state index in [-0.39, 0.29) is 19.3 Å². The first-order chi connectivity index (χ1) is 7.71. The van der Waals surface area contributed by atoms with Crippen LogP contribution in [0.1, 0.15) is 26.7 Å². The summed E-state index contributed by atoms with van der Waals surface area (Å²) in [5.74, 6) is 0.670. The summed E-state index contributed by atoms with van der Waals surface area (Å²) < 4.78 is 0. The van der Waals surface area contributed by atoms with Crippen LogP contribution in [-0.2, 0) is 0 Å². The smallest absolute Gasteiger partial charge is 0.0607 e. The SMILES string of the molecule is CCN1CCC(C(C)NC(CO)CO)CC1. The van der Waals surface area contributed by atoms with Gasteiger partial charge in [-0.1, -0.05) is 6.92 Å². The summed E-state index contributed by atoms with van der Waals surface area (Å²) in [6.45, 7) is 7.88. The summed E-state index contributed by atoms with van der Waals surface area (Å²) in [4.78, 5) is 2.47. The molecule has 96 valence electrons. The third-order valence-electron chi connectivity index (χ3n) is 3.73. The number of likely N-dealkylation sites (tertiary alicyclic amines) is 1. The Kier molecular flexibility index (Phi) is 6.28. The zero-order valence-electron chi connectivity index (χ0n) is 10.5. The second-order valence-corrected chi connectivity index (χ2v) is 4.79. The minimum absolute atomic E-state index is 0.00858. The molecule has 0 aromatic carbocycles. The van der Waals surface area contributed by atoms with Crippen LogP contribution in [0.3, 0.4) is 0 Å². The molecular weight excluding hydrogens is 204 g/mol. The minimum atomic E-state index is -0.167. The Labute approximate surface area is 98.6 Å². The highest BCUT2D eigenvalue weighted by Gasteiger charge is 2.24. The fourth-order valence-electron chi connectivity index (χ4n) is 2.44. The third kappa shape index (κ3) is 4.01. The molecule has 1 unspecified atom stereocenters. The van der Waals surface area contributed by atoms with Crippen LogP contribution in [0.5, 0.6) is 0 Å². The number of hydrogen-bond acceptors (Lipinski definition) is 4. The van der Waals surface area contributed by atoms with Crippen molar-refractivity contribution in [2.24, 2.45) is 5.92 Å². The Balaban J connectivity index is 2.29. The van der Waals surface area contributed by atoms with Crippen LogP contribution in [0.2, 0.25) is 0 Å². The lowest BCUT2D eigenvalue weighted by atomic mass is 9.90. The van der Waals surface area contributed by atoms with Crippen molar-refractivity contribution >= 4 is 0 Å². The Bertz CT molecular complexity index is 178. The number of rotatable bonds is 6. The molecule has 0 radical (unpaired) electrons. The molecule has 0 spiro atoms. The van der Waals surface area contributed by atoms with Gasteiger partial charge in [-0.3, -0.25) is 0 Å². The molecule has 3 N–H and O–H groups in total. The van der Waals surface area contributed by atoms with Crippen LogP contribution in [-0.4, -0.2) is 60.0 Å². The average molecular weight is 230 g/mol. The molecule has 0 amide bonds. The van der Waals surface area contributed by atoms with Gasteiger partial charge in [-0.15, -0.1) is 0 Å². The van der Waals surface area contributed by atoms with Crippen LogP contribution in [0.25, 0.3) is 0 Å². The van der Waals surface area contributed by atoms with Crippen molar-refractivity contribution in [3.05, 3.63) is 0 Å². The fourth-order valence-corrected chi connectivity index (χ4v) is 2.44. The summed E-state index contributed by atoms with van der Waals surface area (Å²) in [5, 5.41) is 21.3. The topological polar surface area (TPSA) is 55.7 Å². The van der Waals surface area contributed by atoms with Crippen LogP contribution in [0.4, 0.5) is 0 Å². The number of aliphatic hydroxyl groups is 2. The molecule has 1 fully saturated rings. The van der Waals surface area contributed by atoms with Crippen molar-refractivity contribution in [2.75, 3.05) is 32.8 Å². The molecule has 4 nitrogen and oxygen atoms in total. The second kappa shape index (κ2) is 7.22. The number of piperidine rings is 1. The van der Waals surface area contributed by atoms with Crippen molar-refractivity contribution in [3.8, 4) is 0 Å². The van der Waals surface area contributed by atoms with E-state index in [2.05, 4.69) is 24.1 Å². The molecular formula is C12H26N2O2. The highest BCUT2D eigenvalue weighted by molar-refractivity contribution is 4.81. The summed E-state index contributed by atoms with van der Waals surface area (Å²) in [7, 11) is 0. The maximum Gasteiger partial charge on any atom is 0.0607 e. The second-order valence-electron chi connectivity index (χ2n) is 4.79. The van der Waals surface area contributed by atoms with Crippen LogP contribution >= 0.6 is 0 Å². The number of nitrogens with zero attached hydrogens (tertiary/aromatic N) is 1. The van der Waals surface area contributed by atoms with Gasteiger partial charge in [0.15, 0.2) is 0 Å². The maximum atomic E-state index is 9.02. The van der Waals surface area contributed by atoms with Crippen molar-refractivity contribution in [3.63, 3.8) is 0 Å². The van der Waals surface area contributed by atoms with E-state index in [1.807, 2.05) is 0 Å². The molecule has 0 aromatic heterocycles. The fraction of sp³-hybridized carbons (Fsp3) is 1.00. The van der Waals surface area contributed by atoms with Gasteiger partial charge in [-0.05, 0) is 45.3 Å². The molecule has 1 heterocycles. The zero-order chi connectivity index (χ0) is 12.0. The largest absolute Gasteiger partial charge is 0.395 e. The molecule has 0 aliphatic carbocycles. The Morgan fingerprint density at radius 2 is 1.81 bits per heavy atom. The van der Waals surface area contributed by atoms with Gasteiger partial charge in [-0.25, -0.2) is 0 Å². The van der Waals surface area contributed by atoms with E-state index in [1.165, 1.54) is 25.9 Å². The molecule has 1 saturated heterocycles. The van der Waals surface area contributed by atoms with E-state index in [0.29, 0.717) is 12.0 Å². The van der Waals surface area contributed by atoms with Crippen LogP contribution in [0.15, 0.2) is 0 Å². The van der Waals surface area contributed by atoms with E-state index in [1.54, 1.807) is 0 Å². The summed E-state index contributed by atoms with van der Waals surface area (Å²) in [6.07, 6.45) is 2.43. The van der Waals surface area contributed by atoms with Crippen molar-refractivity contribution in [2.45, 2.75) is 38.8 Å². The highest BCUT2D eigenvalue weighted by Crippen LogP contribution is 2.20. The summed E-state index contributed by atoms with van der Waals surface area (Å²) in [5.41, 5.74) is 0. The van der Waals surface area contributed by atoms with Gasteiger partial charge in [0.25, 0.3) is 0 Å². The molecule has 1 atom stereocenters. The zero-order valence-corrected chi connectivity index (χ0v) is 10.5. The Morgan fingerprint density at radius 3 is 2.25 bits per heavy atom. The molecule has 16 heavy (non-hydrogen) atoms. The van der Waals surface area contributed by atoms with E-state index >= 15 is 0 Å². The first-order valence-electron chi connectivity index (χ1n) is 6.41. The van der Waals surface area contributed by atoms with Gasteiger partial charge in [0.1, 0.15) is 0 Å². The molecule has 1 aliphatic rings. The van der Waals surface area contributed by atoms with Crippen LogP contribution in [0, 0.1) is 5.92 Å². The minimum Gasteiger partial charge on any atom is -0.395 e. The molecule has 1 aliphatic heterocycles. The highest BCUT2D eigenvalue weighted by atomic mass is 16.3. The van der Waals surface area contributed by atoms with Gasteiger partial charge in [-0.2, -0.15) is 0 Å². The molecule has 0 aromatic rings. The molecule has 0 saturated carbocycles. The summed E-state index contributed by atoms with van der Waals surface area (Å²) in [6, 6.07) is 0.211. The number of nitrogens with one attached hydrogen (secondary N) is 1. The van der Waals surface area contributed by atoms with Crippen molar-refractivity contribution < 1.29 is 10.2 Å². The van der Waals surface area contributed by atoms with E-state index in [4.69, 9.17) is 10.2 Å². The lowest BCUT2D eigenvalue weighted by molar-refractivity contribution is 0.130. The third-order valence-corrected chi connectivity index (χ3v) is 3.73. The van der Waals surface area contributed by atoms with Gasteiger partial charge in [0.2, 0.25) is 0 Å². The molecule has 1 rings (SSSR count). The van der Waals surface area contributed by atoms with Gasteiger partial charge < -0.3 is 20.4 Å². The van der Waals surface area contributed by atoms with Gasteiger partial charge in [0.05, 0.1) is 19.3 Å². The lowest BCUT2D eigenvalue weighted by Gasteiger charge is -2.35. The first kappa shape index (κ1) is 13.9. The Morgan fingerprint density at radius 1 is 1.25 bits per heavy atom. The monoisotopic (exact) mass is 230 g/mol. The quantitative estimate of drug-likeness (QED) is 0.603. The van der Waals surface area contributed by atoms with E-state index in [0.717, 1.165) is 6.54 Å². The number of aliphatic hydroxyl groups excluding tert-OH is 2. The van der Waals surface area contributed by atoms with Crippen LogP contribution < -0.4 is 5.32 Å². The normalized spacial score (nSPS) is 21.6. The van der Waals surface area contributed by atoms with Crippen molar-refractivity contribution in [1.82, 2.24) is 10.2 Å². The standard InChI is InChI=1S/C12H26N2O2/c1-3-14-6-4-11(5-7-14)10(2)13-12(8-15)9-16/h10-13,15-16H,3-9H2,1-2H3. The number of hydrogen-bond donors (Lipinski definition) is 3. The van der Waals surface area contributed by atoms with Gasteiger partial charge >= 0.3 is 0 Å². The van der Waals surface area contributed by atoms with E-state index in [9.17, 15) is 0 Å². The molecule has 4 heteroatoms. The molecule has 0 bridgehead atoms. The predicted octanol–water partition coefficient (Wildman–Crippen LogP) is 0.0496. The Hall–Kier alpha value is -0.160. The predicted molar refractivity (Wildman–Crippen MR) is 65.4 cm³/mol. The maximum absolute atomic E-state index is 9.02.